The highest BCUT2D eigenvalue weighted by molar-refractivity contribution is 6.13. The summed E-state index contributed by atoms with van der Waals surface area (Å²) in [5.74, 6) is -3.82. The first-order valence-corrected chi connectivity index (χ1v) is 9.12. The lowest BCUT2D eigenvalue weighted by molar-refractivity contribution is 0.0977. The second kappa shape index (κ2) is 8.60. The van der Waals surface area contributed by atoms with Crippen molar-refractivity contribution in [2.45, 2.75) is 13.8 Å². The molecule has 2 aromatic heterocycles. The van der Waals surface area contributed by atoms with Crippen LogP contribution in [0.3, 0.4) is 0 Å². The normalized spacial score (nSPS) is 10.4. The molecule has 2 amide bonds. The van der Waals surface area contributed by atoms with E-state index in [0.29, 0.717) is 11.8 Å². The van der Waals surface area contributed by atoms with Gasteiger partial charge in [-0.05, 0) is 18.2 Å². The number of benzene rings is 2. The van der Waals surface area contributed by atoms with Gasteiger partial charge in [-0.25, -0.2) is 8.78 Å². The van der Waals surface area contributed by atoms with Gasteiger partial charge in [-0.3, -0.25) is 9.59 Å². The van der Waals surface area contributed by atoms with E-state index in [4.69, 9.17) is 14.6 Å². The number of halogens is 2. The van der Waals surface area contributed by atoms with Crippen LogP contribution >= 0.6 is 0 Å². The second-order valence-electron chi connectivity index (χ2n) is 5.92. The van der Waals surface area contributed by atoms with Crippen molar-refractivity contribution >= 4 is 28.5 Å². The zero-order chi connectivity index (χ0) is 21.8. The fourth-order valence-electron chi connectivity index (χ4n) is 2.82. The van der Waals surface area contributed by atoms with Crippen molar-refractivity contribution in [3.05, 3.63) is 77.8 Å². The van der Waals surface area contributed by atoms with Gasteiger partial charge in [0.25, 0.3) is 11.8 Å². The number of nitrogens with two attached hydrogens (primary N) is 1. The van der Waals surface area contributed by atoms with Crippen LogP contribution < -0.4 is 11.1 Å². The Morgan fingerprint density at radius 2 is 1.67 bits per heavy atom. The molecule has 0 fully saturated rings. The Kier molecular flexibility index (Phi) is 5.96. The Labute approximate surface area is 170 Å². The lowest BCUT2D eigenvalue weighted by atomic mass is 10.2. The van der Waals surface area contributed by atoms with Crippen LogP contribution in [0.2, 0.25) is 0 Å². The van der Waals surface area contributed by atoms with E-state index in [-0.39, 0.29) is 16.8 Å². The first kappa shape index (κ1) is 20.8. The van der Waals surface area contributed by atoms with Crippen molar-refractivity contribution in [1.82, 2.24) is 0 Å². The summed E-state index contributed by atoms with van der Waals surface area (Å²) in [7, 11) is 0. The molecule has 4 aromatic rings. The van der Waals surface area contributed by atoms with Crippen LogP contribution in [0.25, 0.3) is 22.3 Å². The van der Waals surface area contributed by atoms with E-state index in [2.05, 4.69) is 5.32 Å². The zero-order valence-corrected chi connectivity index (χ0v) is 16.2. The zero-order valence-electron chi connectivity index (χ0n) is 16.2. The average Bonchev–Trinajstić information content (AvgIpc) is 3.36. The molecule has 154 valence electrons. The number of anilines is 1. The molecule has 0 spiro atoms. The molecule has 0 aliphatic rings. The minimum absolute atomic E-state index is 0.0690. The summed E-state index contributed by atoms with van der Waals surface area (Å²) in [6.07, 6.45) is 0. The molecule has 30 heavy (non-hydrogen) atoms. The Balaban J connectivity index is 0.00000124. The van der Waals surface area contributed by atoms with Crippen molar-refractivity contribution in [1.29, 1.82) is 0 Å². The largest absolute Gasteiger partial charge is 0.451 e. The molecule has 0 saturated heterocycles. The lowest BCUT2D eigenvalue weighted by Gasteiger charge is -2.03. The lowest BCUT2D eigenvalue weighted by Crippen LogP contribution is -2.16. The molecular weight excluding hydrogens is 394 g/mol. The molecule has 0 unspecified atom stereocenters. The Bertz CT molecular complexity index is 1210. The third-order valence-corrected chi connectivity index (χ3v) is 4.06. The Hall–Kier alpha value is -3.94. The minimum atomic E-state index is -1.05. The van der Waals surface area contributed by atoms with E-state index >= 15 is 0 Å². The first-order chi connectivity index (χ1) is 14.4. The van der Waals surface area contributed by atoms with E-state index in [1.807, 2.05) is 32.0 Å². The summed E-state index contributed by atoms with van der Waals surface area (Å²) < 4.78 is 38.2. The van der Waals surface area contributed by atoms with Gasteiger partial charge in [-0.15, -0.1) is 0 Å². The van der Waals surface area contributed by atoms with Crippen LogP contribution in [0.1, 0.15) is 35.0 Å². The summed E-state index contributed by atoms with van der Waals surface area (Å²) in [4.78, 5) is 24.2. The van der Waals surface area contributed by atoms with Crippen molar-refractivity contribution in [2.24, 2.45) is 5.73 Å². The Morgan fingerprint density at radius 3 is 2.33 bits per heavy atom. The SMILES string of the molecule is CC.NC(=O)c1oc2c(F)cc(F)cc2c1NC(=O)c1ccc(-c2ccccc2)o1. The first-order valence-electron chi connectivity index (χ1n) is 9.12. The van der Waals surface area contributed by atoms with Crippen LogP contribution in [-0.2, 0) is 0 Å². The summed E-state index contributed by atoms with van der Waals surface area (Å²) in [5, 5.41) is 2.26. The molecule has 6 nitrogen and oxygen atoms in total. The van der Waals surface area contributed by atoms with E-state index in [9.17, 15) is 18.4 Å². The van der Waals surface area contributed by atoms with Gasteiger partial charge >= 0.3 is 0 Å². The number of carbonyl (C=O) groups is 2. The number of carbonyl (C=O) groups excluding carboxylic acids is 2. The third-order valence-electron chi connectivity index (χ3n) is 4.06. The van der Waals surface area contributed by atoms with Gasteiger partial charge in [0.05, 0.1) is 5.39 Å². The third kappa shape index (κ3) is 3.93. The van der Waals surface area contributed by atoms with E-state index in [1.54, 1.807) is 18.2 Å². The molecule has 0 atom stereocenters. The highest BCUT2D eigenvalue weighted by Crippen LogP contribution is 2.34. The number of primary amides is 1. The molecular formula is C22H18F2N2O4. The summed E-state index contributed by atoms with van der Waals surface area (Å²) in [6, 6.07) is 13.7. The van der Waals surface area contributed by atoms with E-state index in [1.165, 1.54) is 6.07 Å². The molecule has 4 rings (SSSR count). The maximum absolute atomic E-state index is 13.9. The summed E-state index contributed by atoms with van der Waals surface area (Å²) >= 11 is 0. The standard InChI is InChI=1S/C20H12F2N2O4.C2H6/c21-11-8-12-16(18(19(23)25)28-17(12)13(22)9-11)24-20(26)15-7-6-14(27-15)10-4-2-1-3-5-10;1-2/h1-9H,(H2,23,25)(H,24,26);1-2H3. The number of amides is 2. The Morgan fingerprint density at radius 1 is 0.967 bits per heavy atom. The van der Waals surface area contributed by atoms with Crippen molar-refractivity contribution in [3.63, 3.8) is 0 Å². The molecule has 0 radical (unpaired) electrons. The summed E-state index contributed by atoms with van der Waals surface area (Å²) in [5.41, 5.74) is 5.37. The van der Waals surface area contributed by atoms with Crippen LogP contribution in [0.15, 0.2) is 63.4 Å². The smallest absolute Gasteiger partial charge is 0.291 e. The highest BCUT2D eigenvalue weighted by atomic mass is 19.1. The number of hydrogen-bond donors (Lipinski definition) is 2. The average molecular weight is 412 g/mol. The molecule has 0 aliphatic carbocycles. The van der Waals surface area contributed by atoms with Crippen molar-refractivity contribution in [3.8, 4) is 11.3 Å². The van der Waals surface area contributed by atoms with E-state index in [0.717, 1.165) is 11.6 Å². The molecule has 0 bridgehead atoms. The van der Waals surface area contributed by atoms with Crippen LogP contribution in [0, 0.1) is 11.6 Å². The number of rotatable bonds is 4. The molecule has 2 aromatic carbocycles. The number of furan rings is 2. The van der Waals surface area contributed by atoms with Gasteiger partial charge in [0.15, 0.2) is 17.2 Å². The van der Waals surface area contributed by atoms with Gasteiger partial charge < -0.3 is 19.9 Å². The van der Waals surface area contributed by atoms with Crippen LogP contribution in [0.4, 0.5) is 14.5 Å². The number of hydrogen-bond acceptors (Lipinski definition) is 4. The quantitative estimate of drug-likeness (QED) is 0.472. The van der Waals surface area contributed by atoms with Crippen LogP contribution in [-0.4, -0.2) is 11.8 Å². The molecule has 0 saturated carbocycles. The number of fused-ring (bicyclic) bond motifs is 1. The topological polar surface area (TPSA) is 98.5 Å². The fraction of sp³-hybridized carbons (Fsp3) is 0.0909. The molecule has 2 heterocycles. The van der Waals surface area contributed by atoms with Gasteiger partial charge in [-0.1, -0.05) is 44.2 Å². The van der Waals surface area contributed by atoms with Gasteiger partial charge in [0.2, 0.25) is 5.76 Å². The van der Waals surface area contributed by atoms with Gasteiger partial charge in [0, 0.05) is 11.6 Å². The predicted molar refractivity (Wildman–Crippen MR) is 108 cm³/mol. The summed E-state index contributed by atoms with van der Waals surface area (Å²) in [6.45, 7) is 4.00. The minimum Gasteiger partial charge on any atom is -0.451 e. The monoisotopic (exact) mass is 412 g/mol. The van der Waals surface area contributed by atoms with E-state index < -0.39 is 34.8 Å². The number of nitrogens with one attached hydrogen (secondary N) is 1. The molecule has 3 N–H and O–H groups in total. The van der Waals surface area contributed by atoms with Crippen molar-refractivity contribution in [2.75, 3.05) is 5.32 Å². The van der Waals surface area contributed by atoms with Crippen molar-refractivity contribution < 1.29 is 27.2 Å². The fourth-order valence-corrected chi connectivity index (χ4v) is 2.82. The predicted octanol–water partition coefficient (Wildman–Crippen LogP) is 5.35. The van der Waals surface area contributed by atoms with Gasteiger partial charge in [-0.2, -0.15) is 0 Å². The van der Waals surface area contributed by atoms with Gasteiger partial charge in [0.1, 0.15) is 17.3 Å². The van der Waals surface area contributed by atoms with Crippen LogP contribution in [0.5, 0.6) is 0 Å². The maximum atomic E-state index is 13.9. The highest BCUT2D eigenvalue weighted by Gasteiger charge is 2.24. The molecule has 0 aliphatic heterocycles. The second-order valence-corrected chi connectivity index (χ2v) is 5.92. The maximum Gasteiger partial charge on any atom is 0.291 e. The molecule has 8 heteroatoms.